The fraction of sp³-hybridized carbons (Fsp3) is 0.348. The summed E-state index contributed by atoms with van der Waals surface area (Å²) in [7, 11) is -3.57. The second kappa shape index (κ2) is 8.73. The predicted molar refractivity (Wildman–Crippen MR) is 124 cm³/mol. The average Bonchev–Trinajstić information content (AvgIpc) is 3.48. The molecule has 1 saturated heterocycles. The van der Waals surface area contributed by atoms with E-state index in [0.29, 0.717) is 31.1 Å². The van der Waals surface area contributed by atoms with Crippen molar-refractivity contribution in [2.75, 3.05) is 18.4 Å². The largest absolute Gasteiger partial charge is 0.302 e. The molecule has 1 fully saturated rings. The molecular formula is C23H24N4O3S2. The van der Waals surface area contributed by atoms with E-state index in [9.17, 15) is 13.2 Å². The SMILES string of the molecule is O=C(Nc1nc(-c2ccc3c(c2)CCC3)cs1)C1CCN(S(=O)(=O)c2cccnc2)CC1. The van der Waals surface area contributed by atoms with Gasteiger partial charge in [-0.15, -0.1) is 11.3 Å². The maximum absolute atomic E-state index is 12.8. The van der Waals surface area contributed by atoms with E-state index in [1.807, 2.05) is 5.38 Å². The van der Waals surface area contributed by atoms with Crippen LogP contribution in [0.25, 0.3) is 11.3 Å². The van der Waals surface area contributed by atoms with Crippen molar-refractivity contribution in [1.29, 1.82) is 0 Å². The van der Waals surface area contributed by atoms with Gasteiger partial charge in [0.1, 0.15) is 4.90 Å². The molecule has 0 saturated carbocycles. The van der Waals surface area contributed by atoms with Gasteiger partial charge in [-0.25, -0.2) is 13.4 Å². The number of thiazole rings is 1. The van der Waals surface area contributed by atoms with Gasteiger partial charge in [-0.3, -0.25) is 9.78 Å². The molecule has 3 heterocycles. The highest BCUT2D eigenvalue weighted by Crippen LogP contribution is 2.31. The summed E-state index contributed by atoms with van der Waals surface area (Å²) in [4.78, 5) is 21.5. The van der Waals surface area contributed by atoms with Crippen molar-refractivity contribution >= 4 is 32.4 Å². The van der Waals surface area contributed by atoms with Crippen LogP contribution in [0, 0.1) is 5.92 Å². The molecule has 0 unspecified atom stereocenters. The molecule has 2 aromatic heterocycles. The van der Waals surface area contributed by atoms with Gasteiger partial charge >= 0.3 is 0 Å². The Bertz CT molecular complexity index is 1230. The van der Waals surface area contributed by atoms with E-state index in [1.54, 1.807) is 18.3 Å². The first-order valence-corrected chi connectivity index (χ1v) is 13.1. The van der Waals surface area contributed by atoms with Crippen molar-refractivity contribution in [3.8, 4) is 11.3 Å². The van der Waals surface area contributed by atoms with Crippen molar-refractivity contribution in [3.05, 3.63) is 59.2 Å². The number of hydrogen-bond donors (Lipinski definition) is 1. The molecule has 2 aliphatic rings. The number of carbonyl (C=O) groups is 1. The Labute approximate surface area is 191 Å². The number of piperidine rings is 1. The molecule has 32 heavy (non-hydrogen) atoms. The van der Waals surface area contributed by atoms with E-state index in [4.69, 9.17) is 0 Å². The van der Waals surface area contributed by atoms with Crippen molar-refractivity contribution < 1.29 is 13.2 Å². The summed E-state index contributed by atoms with van der Waals surface area (Å²) >= 11 is 1.42. The predicted octanol–water partition coefficient (Wildman–Crippen LogP) is 3.73. The number of hydrogen-bond acceptors (Lipinski definition) is 6. The first-order chi connectivity index (χ1) is 15.5. The highest BCUT2D eigenvalue weighted by molar-refractivity contribution is 7.89. The Morgan fingerprint density at radius 1 is 1.12 bits per heavy atom. The van der Waals surface area contributed by atoms with Gasteiger partial charge in [-0.1, -0.05) is 12.1 Å². The highest BCUT2D eigenvalue weighted by Gasteiger charge is 2.32. The number of amides is 1. The van der Waals surface area contributed by atoms with Crippen LogP contribution in [0.4, 0.5) is 5.13 Å². The lowest BCUT2D eigenvalue weighted by molar-refractivity contribution is -0.120. The number of aryl methyl sites for hydroxylation is 2. The number of fused-ring (bicyclic) bond motifs is 1. The van der Waals surface area contributed by atoms with Gasteiger partial charge in [-0.2, -0.15) is 4.31 Å². The highest BCUT2D eigenvalue weighted by atomic mass is 32.2. The molecule has 1 aliphatic carbocycles. The minimum Gasteiger partial charge on any atom is -0.302 e. The average molecular weight is 469 g/mol. The molecule has 0 bridgehead atoms. The lowest BCUT2D eigenvalue weighted by Gasteiger charge is -2.30. The van der Waals surface area contributed by atoms with Crippen LogP contribution in [0.15, 0.2) is 53.0 Å². The Morgan fingerprint density at radius 2 is 1.94 bits per heavy atom. The first-order valence-electron chi connectivity index (χ1n) is 10.8. The van der Waals surface area contributed by atoms with E-state index in [1.165, 1.54) is 39.4 Å². The topological polar surface area (TPSA) is 92.3 Å². The third-order valence-corrected chi connectivity index (χ3v) is 8.87. The number of rotatable bonds is 5. The van der Waals surface area contributed by atoms with Gasteiger partial charge in [0.05, 0.1) is 5.69 Å². The normalized spacial score (nSPS) is 17.2. The van der Waals surface area contributed by atoms with Gasteiger partial charge in [0.25, 0.3) is 0 Å². The number of sulfonamides is 1. The number of aromatic nitrogens is 2. The summed E-state index contributed by atoms with van der Waals surface area (Å²) in [6, 6.07) is 9.65. The smallest absolute Gasteiger partial charge is 0.244 e. The van der Waals surface area contributed by atoms with E-state index in [0.717, 1.165) is 24.1 Å². The number of benzene rings is 1. The second-order valence-corrected chi connectivity index (χ2v) is 11.0. The molecule has 3 aromatic rings. The Morgan fingerprint density at radius 3 is 2.72 bits per heavy atom. The molecule has 1 N–H and O–H groups in total. The van der Waals surface area contributed by atoms with E-state index >= 15 is 0 Å². The number of pyridine rings is 1. The Balaban J connectivity index is 1.20. The van der Waals surface area contributed by atoms with Crippen LogP contribution in [-0.4, -0.2) is 41.7 Å². The molecule has 0 atom stereocenters. The van der Waals surface area contributed by atoms with Gasteiger partial charge in [0, 0.05) is 42.3 Å². The summed E-state index contributed by atoms with van der Waals surface area (Å²) in [6.07, 6.45) is 7.34. The number of anilines is 1. The van der Waals surface area contributed by atoms with Crippen LogP contribution in [0.3, 0.4) is 0 Å². The Kier molecular flexibility index (Phi) is 5.79. The third-order valence-electron chi connectivity index (χ3n) is 6.23. The van der Waals surface area contributed by atoms with E-state index in [2.05, 4.69) is 33.5 Å². The lowest BCUT2D eigenvalue weighted by Crippen LogP contribution is -2.41. The minimum absolute atomic E-state index is 0.0988. The van der Waals surface area contributed by atoms with Crippen LogP contribution in [0.1, 0.15) is 30.4 Å². The number of nitrogens with zero attached hydrogens (tertiary/aromatic N) is 3. The molecule has 5 rings (SSSR count). The monoisotopic (exact) mass is 468 g/mol. The van der Waals surface area contributed by atoms with Crippen molar-refractivity contribution in [2.45, 2.75) is 37.0 Å². The van der Waals surface area contributed by atoms with Crippen LogP contribution in [-0.2, 0) is 27.7 Å². The molecule has 1 amide bonds. The fourth-order valence-electron chi connectivity index (χ4n) is 4.41. The van der Waals surface area contributed by atoms with Crippen LogP contribution < -0.4 is 5.32 Å². The molecule has 1 aliphatic heterocycles. The molecule has 0 radical (unpaired) electrons. The minimum atomic E-state index is -3.57. The molecule has 166 valence electrons. The number of carbonyl (C=O) groups excluding carboxylic acids is 1. The second-order valence-electron chi connectivity index (χ2n) is 8.23. The zero-order valence-electron chi connectivity index (χ0n) is 17.5. The summed E-state index contributed by atoms with van der Waals surface area (Å²) in [6.45, 7) is 0.626. The van der Waals surface area contributed by atoms with E-state index < -0.39 is 10.0 Å². The maximum atomic E-state index is 12.8. The zero-order chi connectivity index (χ0) is 22.1. The van der Waals surface area contributed by atoms with Crippen molar-refractivity contribution in [1.82, 2.24) is 14.3 Å². The zero-order valence-corrected chi connectivity index (χ0v) is 19.2. The van der Waals surface area contributed by atoms with E-state index in [-0.39, 0.29) is 16.7 Å². The standard InChI is InChI=1S/C23H24N4O3S2/c28-22(17-8-11-27(12-9-17)32(29,30)20-5-2-10-24-14-20)26-23-25-21(15-31-23)19-7-6-16-3-1-4-18(16)13-19/h2,5-7,10,13-15,17H,1,3-4,8-9,11-12H2,(H,25,26,28). The molecule has 1 aromatic carbocycles. The number of nitrogens with one attached hydrogen (secondary N) is 1. The van der Waals surface area contributed by atoms with Gasteiger partial charge in [0.2, 0.25) is 15.9 Å². The van der Waals surface area contributed by atoms with Gasteiger partial charge in [0.15, 0.2) is 5.13 Å². The van der Waals surface area contributed by atoms with Crippen molar-refractivity contribution in [3.63, 3.8) is 0 Å². The maximum Gasteiger partial charge on any atom is 0.244 e. The molecule has 7 nitrogen and oxygen atoms in total. The van der Waals surface area contributed by atoms with Crippen LogP contribution >= 0.6 is 11.3 Å². The summed E-state index contributed by atoms with van der Waals surface area (Å²) in [5.41, 5.74) is 4.78. The molecule has 0 spiro atoms. The fourth-order valence-corrected chi connectivity index (χ4v) is 6.57. The summed E-state index contributed by atoms with van der Waals surface area (Å²) < 4.78 is 26.9. The van der Waals surface area contributed by atoms with Gasteiger partial charge < -0.3 is 5.32 Å². The van der Waals surface area contributed by atoms with Crippen molar-refractivity contribution in [2.24, 2.45) is 5.92 Å². The van der Waals surface area contributed by atoms with Crippen LogP contribution in [0.5, 0.6) is 0 Å². The summed E-state index contributed by atoms with van der Waals surface area (Å²) in [5.74, 6) is -0.332. The van der Waals surface area contributed by atoms with Crippen LogP contribution in [0.2, 0.25) is 0 Å². The molecular weight excluding hydrogens is 444 g/mol. The Hall–Kier alpha value is -2.62. The molecule has 9 heteroatoms. The van der Waals surface area contributed by atoms with Gasteiger partial charge in [-0.05, 0) is 61.4 Å². The quantitative estimate of drug-likeness (QED) is 0.616. The third kappa shape index (κ3) is 4.20. The first kappa shape index (κ1) is 21.2. The summed E-state index contributed by atoms with van der Waals surface area (Å²) in [5, 5.41) is 5.48. The lowest BCUT2D eigenvalue weighted by atomic mass is 9.97.